The van der Waals surface area contributed by atoms with Gasteiger partial charge >= 0.3 is 146 Å². The zero-order valence-corrected chi connectivity index (χ0v) is 17.5. The molecule has 0 amide bonds. The van der Waals surface area contributed by atoms with E-state index in [9.17, 15) is 0 Å². The van der Waals surface area contributed by atoms with Crippen molar-refractivity contribution in [2.45, 2.75) is 82.0 Å². The number of nitrogens with zero attached hydrogens (tertiary/aromatic N) is 1. The Kier molecular flexibility index (Phi) is 9.67. The van der Waals surface area contributed by atoms with Crippen molar-refractivity contribution in [3.05, 3.63) is 17.0 Å². The second kappa shape index (κ2) is 10.7. The normalized spacial score (nSPS) is 11.5. The van der Waals surface area contributed by atoms with E-state index in [1.54, 1.807) is 14.2 Å². The van der Waals surface area contributed by atoms with Crippen LogP contribution < -0.4 is 2.89 Å². The molecule has 116 valence electrons. The molecule has 2 radical (unpaired) electrons. The molecule has 1 aromatic rings. The molecule has 0 aliphatic carbocycles. The zero-order valence-electron chi connectivity index (χ0n) is 13.9. The number of unbranched alkanes of at least 4 members (excludes halogenated alkanes) is 3. The molecule has 0 N–H and O–H groups in total. The molecule has 0 bridgehead atoms. The van der Waals surface area contributed by atoms with E-state index in [2.05, 4.69) is 32.9 Å². The fourth-order valence-electron chi connectivity index (χ4n) is 2.83. The van der Waals surface area contributed by atoms with Crippen molar-refractivity contribution in [2.24, 2.45) is 0 Å². The Morgan fingerprint density at radius 1 is 1.00 bits per heavy atom. The van der Waals surface area contributed by atoms with Gasteiger partial charge in [0, 0.05) is 0 Å². The average Bonchev–Trinajstić information content (AvgIpc) is 2.96. The predicted octanol–water partition coefficient (Wildman–Crippen LogP) is 5.68. The monoisotopic (exact) mass is 411 g/mol. The summed E-state index contributed by atoms with van der Waals surface area (Å²) in [5, 5.41) is 9.05. The summed E-state index contributed by atoms with van der Waals surface area (Å²) in [6.45, 7) is 6.94. The number of nitriles is 1. The van der Waals surface area contributed by atoms with E-state index < -0.39 is 21.1 Å². The minimum absolute atomic E-state index is 0.615. The second-order valence-electron chi connectivity index (χ2n) is 5.99. The van der Waals surface area contributed by atoms with Crippen LogP contribution in [0.25, 0.3) is 0 Å². The molecule has 0 spiro atoms. The third-order valence-corrected chi connectivity index (χ3v) is 11.3. The van der Waals surface area contributed by atoms with Crippen LogP contribution in [-0.2, 0) is 0 Å². The molecule has 21 heavy (non-hydrogen) atoms. The molecule has 0 unspecified atom stereocenters. The SMILES string of the molecule is CCCC[C](CCCC)(CCCC)[Sn][c]1ccc(C#N)s1. The van der Waals surface area contributed by atoms with Crippen molar-refractivity contribution >= 4 is 35.4 Å². The molecule has 3 heteroatoms. The Balaban J connectivity index is 2.86. The van der Waals surface area contributed by atoms with Crippen molar-refractivity contribution in [3.63, 3.8) is 0 Å². The van der Waals surface area contributed by atoms with Gasteiger partial charge in [0.1, 0.15) is 0 Å². The number of hydrogen-bond donors (Lipinski definition) is 0. The van der Waals surface area contributed by atoms with Gasteiger partial charge in [-0.25, -0.2) is 0 Å². The number of rotatable bonds is 11. The molecule has 0 saturated carbocycles. The summed E-state index contributed by atoms with van der Waals surface area (Å²) in [6.07, 6.45) is 12.4. The van der Waals surface area contributed by atoms with Crippen molar-refractivity contribution in [1.82, 2.24) is 0 Å². The van der Waals surface area contributed by atoms with E-state index in [1.807, 2.05) is 6.07 Å². The van der Waals surface area contributed by atoms with Crippen LogP contribution in [-0.4, -0.2) is 21.1 Å². The van der Waals surface area contributed by atoms with E-state index in [-0.39, 0.29) is 0 Å². The first-order valence-corrected chi connectivity index (χ1v) is 12.1. The average molecular weight is 410 g/mol. The second-order valence-corrected chi connectivity index (χ2v) is 13.4. The van der Waals surface area contributed by atoms with Crippen molar-refractivity contribution in [3.8, 4) is 6.07 Å². The summed E-state index contributed by atoms with van der Waals surface area (Å²) in [7, 11) is 0. The first-order chi connectivity index (χ1) is 10.2. The Morgan fingerprint density at radius 3 is 1.90 bits per heavy atom. The van der Waals surface area contributed by atoms with Gasteiger partial charge in [0.2, 0.25) is 0 Å². The van der Waals surface area contributed by atoms with E-state index in [0.29, 0.717) is 3.43 Å². The van der Waals surface area contributed by atoms with Crippen molar-refractivity contribution in [2.75, 3.05) is 0 Å². The predicted molar refractivity (Wildman–Crippen MR) is 95.7 cm³/mol. The standard InChI is InChI=1S/C13H27.C5H2NS.Sn/c1-4-7-10-13(11-8-5-2)12-9-6-3;6-4-5-2-1-3-7-5;/h4-12H2,1-3H3;1-2H;. The van der Waals surface area contributed by atoms with Gasteiger partial charge in [0.05, 0.1) is 0 Å². The zero-order chi connectivity index (χ0) is 15.6. The number of hydrogen-bond acceptors (Lipinski definition) is 2. The molecule has 0 saturated heterocycles. The molecule has 1 heterocycles. The summed E-state index contributed by atoms with van der Waals surface area (Å²) < 4.78 is 2.22. The molecule has 1 rings (SSSR count). The Morgan fingerprint density at radius 2 is 1.52 bits per heavy atom. The fraction of sp³-hybridized carbons (Fsp3) is 0.722. The summed E-state index contributed by atoms with van der Waals surface area (Å²) in [6, 6.07) is 6.60. The molecular formula is C18H29NSSn. The van der Waals surface area contributed by atoms with Crippen LogP contribution >= 0.6 is 11.3 Å². The fourth-order valence-corrected chi connectivity index (χ4v) is 10.8. The summed E-state index contributed by atoms with van der Waals surface area (Å²) >= 11 is 1.16. The van der Waals surface area contributed by atoms with Gasteiger partial charge in [-0.05, 0) is 0 Å². The molecule has 0 aliphatic rings. The van der Waals surface area contributed by atoms with Crippen LogP contribution in [0.3, 0.4) is 0 Å². The van der Waals surface area contributed by atoms with Gasteiger partial charge < -0.3 is 0 Å². The van der Waals surface area contributed by atoms with Gasteiger partial charge in [0.15, 0.2) is 0 Å². The minimum atomic E-state index is -0.615. The molecule has 0 aromatic carbocycles. The maximum atomic E-state index is 9.05. The van der Waals surface area contributed by atoms with Crippen LogP contribution in [0.5, 0.6) is 0 Å². The third-order valence-electron chi connectivity index (χ3n) is 4.13. The first kappa shape index (κ1) is 19.0. The van der Waals surface area contributed by atoms with Crippen molar-refractivity contribution in [1.29, 1.82) is 5.26 Å². The maximum absolute atomic E-state index is 9.05. The van der Waals surface area contributed by atoms with E-state index in [4.69, 9.17) is 5.26 Å². The van der Waals surface area contributed by atoms with E-state index in [1.165, 1.54) is 57.8 Å². The van der Waals surface area contributed by atoms with Gasteiger partial charge in [-0.3, -0.25) is 0 Å². The van der Waals surface area contributed by atoms with Gasteiger partial charge in [-0.15, -0.1) is 0 Å². The first-order valence-electron chi connectivity index (χ1n) is 8.47. The molecule has 0 aliphatic heterocycles. The van der Waals surface area contributed by atoms with Crippen LogP contribution in [0.15, 0.2) is 12.1 Å². The molecule has 1 aromatic heterocycles. The Labute approximate surface area is 145 Å². The molecule has 0 atom stereocenters. The van der Waals surface area contributed by atoms with Crippen LogP contribution in [0.4, 0.5) is 0 Å². The Hall–Kier alpha value is -0.0113. The van der Waals surface area contributed by atoms with Crippen LogP contribution in [0.1, 0.15) is 83.4 Å². The van der Waals surface area contributed by atoms with Gasteiger partial charge in [-0.1, -0.05) is 0 Å². The quantitative estimate of drug-likeness (QED) is 0.431. The van der Waals surface area contributed by atoms with Crippen molar-refractivity contribution < 1.29 is 0 Å². The summed E-state index contributed by atoms with van der Waals surface area (Å²) in [5.74, 6) is 0. The third kappa shape index (κ3) is 6.74. The van der Waals surface area contributed by atoms with Gasteiger partial charge in [-0.2, -0.15) is 0 Å². The Bertz CT molecular complexity index is 411. The summed E-state index contributed by atoms with van der Waals surface area (Å²) in [5.41, 5.74) is 0. The molecule has 0 fully saturated rings. The molecular weight excluding hydrogens is 381 g/mol. The summed E-state index contributed by atoms with van der Waals surface area (Å²) in [4.78, 5) is 0.904. The van der Waals surface area contributed by atoms with Crippen LogP contribution in [0.2, 0.25) is 3.43 Å². The van der Waals surface area contributed by atoms with E-state index in [0.717, 1.165) is 4.88 Å². The molecule has 1 nitrogen and oxygen atoms in total. The van der Waals surface area contributed by atoms with E-state index >= 15 is 0 Å². The number of thiophene rings is 1. The van der Waals surface area contributed by atoms with Gasteiger partial charge in [0.25, 0.3) is 0 Å². The van der Waals surface area contributed by atoms with Crippen LogP contribution in [0, 0.1) is 11.3 Å². The topological polar surface area (TPSA) is 23.8 Å².